The minimum Gasteiger partial charge on any atom is -0.309 e. The molecule has 1 aliphatic carbocycles. The highest BCUT2D eigenvalue weighted by Crippen LogP contribution is 2.29. The highest BCUT2D eigenvalue weighted by Gasteiger charge is 2.22. The summed E-state index contributed by atoms with van der Waals surface area (Å²) < 4.78 is 0. The van der Waals surface area contributed by atoms with Crippen LogP contribution in [-0.4, -0.2) is 6.54 Å². The van der Waals surface area contributed by atoms with Crippen molar-refractivity contribution in [3.8, 4) is 0 Å². The Hall–Kier alpha value is -0.340. The van der Waals surface area contributed by atoms with Gasteiger partial charge in [-0.1, -0.05) is 13.0 Å². The van der Waals surface area contributed by atoms with Gasteiger partial charge in [-0.2, -0.15) is 0 Å². The summed E-state index contributed by atoms with van der Waals surface area (Å²) in [5.74, 6) is 0.981. The van der Waals surface area contributed by atoms with Crippen molar-refractivity contribution in [2.75, 3.05) is 6.54 Å². The Morgan fingerprint density at radius 2 is 2.46 bits per heavy atom. The van der Waals surface area contributed by atoms with Crippen LogP contribution in [0.25, 0.3) is 0 Å². The van der Waals surface area contributed by atoms with E-state index in [0.717, 1.165) is 5.92 Å². The zero-order valence-corrected chi connectivity index (χ0v) is 8.94. The third-order valence-electron chi connectivity index (χ3n) is 2.64. The first-order valence-corrected chi connectivity index (χ1v) is 6.05. The summed E-state index contributed by atoms with van der Waals surface area (Å²) in [7, 11) is 0. The number of thiophene rings is 1. The van der Waals surface area contributed by atoms with E-state index in [1.54, 1.807) is 0 Å². The maximum Gasteiger partial charge on any atom is 0.0412 e. The molecule has 0 spiro atoms. The summed E-state index contributed by atoms with van der Waals surface area (Å²) in [5, 5.41) is 5.81. The van der Waals surface area contributed by atoms with Crippen LogP contribution in [0.3, 0.4) is 0 Å². The Morgan fingerprint density at radius 3 is 3.00 bits per heavy atom. The second-order valence-corrected chi connectivity index (χ2v) is 4.81. The summed E-state index contributed by atoms with van der Waals surface area (Å²) in [6.45, 7) is 3.47. The molecule has 1 heterocycles. The first-order valence-electron chi connectivity index (χ1n) is 5.17. The van der Waals surface area contributed by atoms with Crippen LogP contribution in [0, 0.1) is 5.92 Å². The third kappa shape index (κ3) is 2.55. The van der Waals surface area contributed by atoms with Crippen molar-refractivity contribution in [1.29, 1.82) is 0 Å². The molecule has 2 heteroatoms. The molecule has 0 bridgehead atoms. The number of rotatable bonds is 5. The van der Waals surface area contributed by atoms with Gasteiger partial charge in [0.1, 0.15) is 0 Å². The van der Waals surface area contributed by atoms with Crippen molar-refractivity contribution in [3.05, 3.63) is 22.4 Å². The summed E-state index contributed by atoms with van der Waals surface area (Å²) in [5.41, 5.74) is 0. The Morgan fingerprint density at radius 1 is 1.62 bits per heavy atom. The SMILES string of the molecule is CCC(NCC1CC1)c1cccs1. The van der Waals surface area contributed by atoms with Gasteiger partial charge in [-0.15, -0.1) is 11.3 Å². The smallest absolute Gasteiger partial charge is 0.0412 e. The van der Waals surface area contributed by atoms with Gasteiger partial charge in [0.15, 0.2) is 0 Å². The van der Waals surface area contributed by atoms with Gasteiger partial charge in [0.2, 0.25) is 0 Å². The summed E-state index contributed by atoms with van der Waals surface area (Å²) in [6.07, 6.45) is 4.08. The van der Waals surface area contributed by atoms with Crippen LogP contribution in [0.15, 0.2) is 17.5 Å². The quantitative estimate of drug-likeness (QED) is 0.761. The fourth-order valence-corrected chi connectivity index (χ4v) is 2.45. The molecular formula is C11H17NS. The molecule has 1 N–H and O–H groups in total. The highest BCUT2D eigenvalue weighted by atomic mass is 32.1. The molecule has 1 nitrogen and oxygen atoms in total. The van der Waals surface area contributed by atoms with E-state index >= 15 is 0 Å². The lowest BCUT2D eigenvalue weighted by Crippen LogP contribution is -2.22. The van der Waals surface area contributed by atoms with Crippen LogP contribution in [0.1, 0.15) is 37.1 Å². The minimum absolute atomic E-state index is 0.598. The van der Waals surface area contributed by atoms with Crippen LogP contribution in [0.5, 0.6) is 0 Å². The normalized spacial score (nSPS) is 18.8. The number of hydrogen-bond donors (Lipinski definition) is 1. The molecule has 1 aliphatic rings. The van der Waals surface area contributed by atoms with Crippen molar-refractivity contribution >= 4 is 11.3 Å². The average Bonchev–Trinajstić information content (AvgIpc) is 2.81. The van der Waals surface area contributed by atoms with E-state index in [9.17, 15) is 0 Å². The van der Waals surface area contributed by atoms with Crippen molar-refractivity contribution in [3.63, 3.8) is 0 Å². The molecule has 0 aromatic carbocycles. The average molecular weight is 195 g/mol. The van der Waals surface area contributed by atoms with E-state index in [0.29, 0.717) is 6.04 Å². The molecule has 72 valence electrons. The molecule has 13 heavy (non-hydrogen) atoms. The molecule has 2 rings (SSSR count). The molecule has 0 amide bonds. The number of hydrogen-bond acceptors (Lipinski definition) is 2. The minimum atomic E-state index is 0.598. The van der Waals surface area contributed by atoms with Crippen LogP contribution in [0.4, 0.5) is 0 Å². The fraction of sp³-hybridized carbons (Fsp3) is 0.636. The van der Waals surface area contributed by atoms with Crippen LogP contribution >= 0.6 is 11.3 Å². The lowest BCUT2D eigenvalue weighted by atomic mass is 10.2. The van der Waals surface area contributed by atoms with E-state index in [-0.39, 0.29) is 0 Å². The molecule has 1 unspecified atom stereocenters. The van der Waals surface area contributed by atoms with Crippen LogP contribution < -0.4 is 5.32 Å². The van der Waals surface area contributed by atoms with E-state index in [1.165, 1.54) is 30.7 Å². The van der Waals surface area contributed by atoms with Gasteiger partial charge in [0, 0.05) is 10.9 Å². The van der Waals surface area contributed by atoms with Gasteiger partial charge in [-0.3, -0.25) is 0 Å². The second-order valence-electron chi connectivity index (χ2n) is 3.83. The largest absolute Gasteiger partial charge is 0.309 e. The van der Waals surface area contributed by atoms with Crippen LogP contribution in [0.2, 0.25) is 0 Å². The Bertz CT molecular complexity index is 239. The third-order valence-corrected chi connectivity index (χ3v) is 3.63. The van der Waals surface area contributed by atoms with Crippen molar-refractivity contribution < 1.29 is 0 Å². The predicted molar refractivity (Wildman–Crippen MR) is 58.1 cm³/mol. The van der Waals surface area contributed by atoms with Gasteiger partial charge in [0.05, 0.1) is 0 Å². The van der Waals surface area contributed by atoms with Crippen molar-refractivity contribution in [1.82, 2.24) is 5.32 Å². The molecule has 1 fully saturated rings. The van der Waals surface area contributed by atoms with Gasteiger partial charge in [0.25, 0.3) is 0 Å². The van der Waals surface area contributed by atoms with E-state index in [4.69, 9.17) is 0 Å². The Kier molecular flexibility index (Phi) is 3.01. The highest BCUT2D eigenvalue weighted by molar-refractivity contribution is 7.10. The maximum atomic E-state index is 3.64. The van der Waals surface area contributed by atoms with E-state index < -0.39 is 0 Å². The van der Waals surface area contributed by atoms with E-state index in [2.05, 4.69) is 29.8 Å². The lowest BCUT2D eigenvalue weighted by Gasteiger charge is -2.14. The first-order chi connectivity index (χ1) is 6.40. The standard InChI is InChI=1S/C11H17NS/c1-2-10(11-4-3-7-13-11)12-8-9-5-6-9/h3-4,7,9-10,12H,2,5-6,8H2,1H3. The maximum absolute atomic E-state index is 3.64. The van der Waals surface area contributed by atoms with Gasteiger partial charge < -0.3 is 5.32 Å². The molecule has 1 aromatic heterocycles. The topological polar surface area (TPSA) is 12.0 Å². The summed E-state index contributed by atoms with van der Waals surface area (Å²) >= 11 is 1.87. The molecule has 1 saturated carbocycles. The lowest BCUT2D eigenvalue weighted by molar-refractivity contribution is 0.509. The first kappa shape index (κ1) is 9.22. The predicted octanol–water partition coefficient (Wildman–Crippen LogP) is 3.20. The number of nitrogens with one attached hydrogen (secondary N) is 1. The van der Waals surface area contributed by atoms with Gasteiger partial charge >= 0.3 is 0 Å². The molecule has 1 atom stereocenters. The molecule has 0 radical (unpaired) electrons. The van der Waals surface area contributed by atoms with Crippen molar-refractivity contribution in [2.24, 2.45) is 5.92 Å². The zero-order valence-electron chi connectivity index (χ0n) is 8.12. The monoisotopic (exact) mass is 195 g/mol. The Labute approximate surface area is 84.2 Å². The molecule has 1 aromatic rings. The molecular weight excluding hydrogens is 178 g/mol. The van der Waals surface area contributed by atoms with Gasteiger partial charge in [-0.25, -0.2) is 0 Å². The zero-order chi connectivity index (χ0) is 9.10. The van der Waals surface area contributed by atoms with Crippen molar-refractivity contribution in [2.45, 2.75) is 32.2 Å². The Balaban J connectivity index is 1.85. The van der Waals surface area contributed by atoms with Crippen LogP contribution in [-0.2, 0) is 0 Å². The van der Waals surface area contributed by atoms with E-state index in [1.807, 2.05) is 11.3 Å². The molecule has 0 aliphatic heterocycles. The molecule has 0 saturated heterocycles. The fourth-order valence-electron chi connectivity index (χ4n) is 1.57. The van der Waals surface area contributed by atoms with Gasteiger partial charge in [-0.05, 0) is 43.2 Å². The summed E-state index contributed by atoms with van der Waals surface area (Å²) in [6, 6.07) is 4.97. The summed E-state index contributed by atoms with van der Waals surface area (Å²) in [4.78, 5) is 1.49. The second kappa shape index (κ2) is 4.25.